The fraction of sp³-hybridized carbons (Fsp3) is 0.0476. The van der Waals surface area contributed by atoms with Crippen molar-refractivity contribution >= 4 is 65.5 Å². The van der Waals surface area contributed by atoms with E-state index in [0.29, 0.717) is 39.7 Å². The average molecular weight is 895 g/mol. The van der Waals surface area contributed by atoms with Gasteiger partial charge in [-0.1, -0.05) is 140 Å². The van der Waals surface area contributed by atoms with Gasteiger partial charge in [-0.15, -0.1) is 0 Å². The van der Waals surface area contributed by atoms with Gasteiger partial charge in [0.05, 0.1) is 0 Å². The monoisotopic (exact) mass is 894 g/mol. The van der Waals surface area contributed by atoms with Gasteiger partial charge in [0.1, 0.15) is 46.0 Å². The van der Waals surface area contributed by atoms with Crippen LogP contribution in [0, 0.1) is 0 Å². The maximum atomic E-state index is 12.3. The smallest absolute Gasteiger partial charge is 0.143 e. The van der Waals surface area contributed by atoms with Gasteiger partial charge in [-0.2, -0.15) is 0 Å². The first kappa shape index (κ1) is 40.3. The predicted molar refractivity (Wildman–Crippen MR) is 278 cm³/mol. The molecule has 4 N–H and O–H groups in total. The maximum Gasteiger partial charge on any atom is 0.143 e. The Morgan fingerprint density at radius 3 is 1.80 bits per heavy atom. The Bertz CT molecular complexity index is 3980. The van der Waals surface area contributed by atoms with Gasteiger partial charge in [0.15, 0.2) is 0 Å². The molecule has 0 radical (unpaired) electrons. The van der Waals surface area contributed by atoms with Crippen molar-refractivity contribution in [1.82, 2.24) is 0 Å². The minimum Gasteiger partial charge on any atom is -0.508 e. The van der Waals surface area contributed by atoms with Crippen molar-refractivity contribution in [3.63, 3.8) is 0 Å². The zero-order valence-corrected chi connectivity index (χ0v) is 37.4. The summed E-state index contributed by atoms with van der Waals surface area (Å²) in [6.45, 7) is 6.75. The fourth-order valence-electron chi connectivity index (χ4n) is 11.2. The number of rotatable bonds is 5. The number of phenolic OH excluding ortho intramolecular Hbond substituents is 4. The summed E-state index contributed by atoms with van der Waals surface area (Å²) in [5, 5.41) is 55.4. The Balaban J connectivity index is 1.02. The normalized spacial score (nSPS) is 14.1. The summed E-state index contributed by atoms with van der Waals surface area (Å²) in [6.07, 6.45) is 3.91. The van der Waals surface area contributed by atoms with E-state index in [9.17, 15) is 20.4 Å². The van der Waals surface area contributed by atoms with Crippen LogP contribution in [0.2, 0.25) is 0 Å². The van der Waals surface area contributed by atoms with Crippen molar-refractivity contribution in [3.8, 4) is 46.0 Å². The molecule has 13 rings (SSSR count). The van der Waals surface area contributed by atoms with Crippen LogP contribution >= 0.6 is 0 Å². The second kappa shape index (κ2) is 15.3. The van der Waals surface area contributed by atoms with Crippen LogP contribution in [0.25, 0.3) is 65.5 Å². The van der Waals surface area contributed by atoms with Crippen LogP contribution in [0.1, 0.15) is 68.8 Å². The average Bonchev–Trinajstić information content (AvgIpc) is 3.37. The third-order valence-electron chi connectivity index (χ3n) is 14.3. The lowest BCUT2D eigenvalue weighted by atomic mass is 9.76. The number of allylic oxidation sites excluding steroid dienone is 1. The first-order chi connectivity index (χ1) is 33.7. The van der Waals surface area contributed by atoms with E-state index in [4.69, 9.17) is 16.1 Å². The van der Waals surface area contributed by atoms with Gasteiger partial charge >= 0.3 is 0 Å². The van der Waals surface area contributed by atoms with Crippen molar-refractivity contribution in [1.29, 1.82) is 0 Å². The van der Waals surface area contributed by atoms with E-state index in [0.717, 1.165) is 92.8 Å². The topological polar surface area (TPSA) is 99.4 Å². The molecule has 2 heterocycles. The van der Waals surface area contributed by atoms with Crippen LogP contribution in [-0.2, 0) is 0 Å². The first-order valence-electron chi connectivity index (χ1n) is 23.1. The van der Waals surface area contributed by atoms with E-state index >= 15 is 0 Å². The molecular weight excluding hydrogens is 853 g/mol. The lowest BCUT2D eigenvalue weighted by Crippen LogP contribution is -2.15. The van der Waals surface area contributed by atoms with E-state index in [1.54, 1.807) is 36.4 Å². The van der Waals surface area contributed by atoms with Gasteiger partial charge < -0.3 is 29.9 Å². The summed E-state index contributed by atoms with van der Waals surface area (Å²) in [7, 11) is 0. The van der Waals surface area contributed by atoms with Crippen LogP contribution in [0.3, 0.4) is 0 Å². The van der Waals surface area contributed by atoms with Crippen LogP contribution in [0.5, 0.6) is 46.0 Å². The number of fused-ring (bicyclic) bond motifs is 12. The molecule has 1 atom stereocenters. The molecule has 2 aliphatic heterocycles. The van der Waals surface area contributed by atoms with Crippen LogP contribution in [0.15, 0.2) is 189 Å². The van der Waals surface area contributed by atoms with Gasteiger partial charge in [-0.05, 0) is 138 Å². The molecule has 0 bridgehead atoms. The lowest BCUT2D eigenvalue weighted by molar-refractivity contribution is 0.412. The Morgan fingerprint density at radius 2 is 1.07 bits per heavy atom. The molecule has 0 saturated carbocycles. The Kier molecular flexibility index (Phi) is 8.92. The predicted octanol–water partition coefficient (Wildman–Crippen LogP) is 15.9. The number of ether oxygens (including phenoxy) is 2. The minimum absolute atomic E-state index is 0.0490. The van der Waals surface area contributed by atoms with E-state index in [-0.39, 0.29) is 28.9 Å². The highest BCUT2D eigenvalue weighted by Gasteiger charge is 2.39. The van der Waals surface area contributed by atoms with E-state index in [1.807, 2.05) is 91.9 Å². The highest BCUT2D eigenvalue weighted by atomic mass is 16.5. The number of aromatic hydroxyl groups is 4. The zero-order valence-electron chi connectivity index (χ0n) is 37.4. The highest BCUT2D eigenvalue weighted by molar-refractivity contribution is 6.01. The van der Waals surface area contributed by atoms with Crippen molar-refractivity contribution in [3.05, 3.63) is 239 Å². The molecule has 11 aromatic carbocycles. The molecule has 0 saturated heterocycles. The standard InChI is InChI=1S/C63H42O6/c1-3-9-42-31-52(67)61-56(43-17-16-35-10-4-5-11-39(35)29-43)60-51(66)30-41-12-6-7-14-47(41)62(60)69-63(61)55(42)34(2)38-20-25-46-40(28-38)13-8-15-48(46)59-57-49-32-44(64)23-18-36(49)21-26-53(57)68-54-27-22-37-19-24-45(65)33-50(37)58(54)59/h3-33,56,59,64-67H,2H2,1H3/b9-3-. The second-order valence-electron chi connectivity index (χ2n) is 18.2. The molecule has 0 fully saturated rings. The third-order valence-corrected chi connectivity index (χ3v) is 14.3. The lowest BCUT2D eigenvalue weighted by Gasteiger charge is -2.33. The molecule has 0 aliphatic carbocycles. The molecular formula is C63H42O6. The molecule has 6 nitrogen and oxygen atoms in total. The SMILES string of the molecule is C=C(c1ccc2c(C3c4c(ccc5ccc(O)cc45)Oc4ccc5ccc(O)cc5c43)cccc2c1)c1c(/C=C\C)cc(O)c2c1Oc1c(c(O)cc3ccccc13)C2c1ccc2ccccc2c1. The summed E-state index contributed by atoms with van der Waals surface area (Å²) in [4.78, 5) is 0. The summed E-state index contributed by atoms with van der Waals surface area (Å²) < 4.78 is 13.8. The van der Waals surface area contributed by atoms with Crippen molar-refractivity contribution in [2.24, 2.45) is 0 Å². The molecule has 330 valence electrons. The second-order valence-corrected chi connectivity index (χ2v) is 18.2. The summed E-state index contributed by atoms with van der Waals surface area (Å²) in [5.74, 6) is 1.91. The fourth-order valence-corrected chi connectivity index (χ4v) is 11.2. The maximum absolute atomic E-state index is 12.3. The summed E-state index contributed by atoms with van der Waals surface area (Å²) in [5.41, 5.74) is 7.93. The molecule has 69 heavy (non-hydrogen) atoms. The number of hydrogen-bond donors (Lipinski definition) is 4. The van der Waals surface area contributed by atoms with E-state index < -0.39 is 5.92 Å². The van der Waals surface area contributed by atoms with Crippen molar-refractivity contribution < 1.29 is 29.9 Å². The summed E-state index contributed by atoms with van der Waals surface area (Å²) >= 11 is 0. The molecule has 6 heteroatoms. The van der Waals surface area contributed by atoms with Crippen molar-refractivity contribution in [2.45, 2.75) is 18.8 Å². The van der Waals surface area contributed by atoms with Gasteiger partial charge in [0.25, 0.3) is 0 Å². The number of phenols is 4. The zero-order chi connectivity index (χ0) is 46.7. The Hall–Kier alpha value is -9.00. The molecule has 0 spiro atoms. The van der Waals surface area contributed by atoms with Crippen molar-refractivity contribution in [2.75, 3.05) is 0 Å². The van der Waals surface area contributed by atoms with E-state index in [2.05, 4.69) is 66.7 Å². The largest absolute Gasteiger partial charge is 0.508 e. The quantitative estimate of drug-likeness (QED) is 0.137. The van der Waals surface area contributed by atoms with Crippen LogP contribution in [-0.4, -0.2) is 20.4 Å². The molecule has 11 aromatic rings. The summed E-state index contributed by atoms with van der Waals surface area (Å²) in [6, 6.07) is 57.6. The van der Waals surface area contributed by atoms with Gasteiger partial charge in [0, 0.05) is 45.0 Å². The Labute approximate surface area is 397 Å². The van der Waals surface area contributed by atoms with Gasteiger partial charge in [-0.25, -0.2) is 0 Å². The first-order valence-corrected chi connectivity index (χ1v) is 23.1. The molecule has 0 amide bonds. The molecule has 0 aromatic heterocycles. The third kappa shape index (κ3) is 6.19. The van der Waals surface area contributed by atoms with E-state index in [1.165, 1.54) is 0 Å². The Morgan fingerprint density at radius 1 is 0.464 bits per heavy atom. The number of hydrogen-bond acceptors (Lipinski definition) is 6. The van der Waals surface area contributed by atoms with Crippen LogP contribution in [0.4, 0.5) is 0 Å². The number of benzene rings is 11. The highest BCUT2D eigenvalue weighted by Crippen LogP contribution is 2.59. The van der Waals surface area contributed by atoms with Crippen LogP contribution < -0.4 is 9.47 Å². The molecule has 2 aliphatic rings. The van der Waals surface area contributed by atoms with Gasteiger partial charge in [0.2, 0.25) is 0 Å². The minimum atomic E-state index is -0.593. The van der Waals surface area contributed by atoms with Gasteiger partial charge in [-0.3, -0.25) is 0 Å². The molecule has 1 unspecified atom stereocenters.